The van der Waals surface area contributed by atoms with Crippen molar-refractivity contribution in [2.24, 2.45) is 0 Å². The van der Waals surface area contributed by atoms with Gasteiger partial charge in [-0.05, 0) is 18.2 Å². The van der Waals surface area contributed by atoms with Crippen LogP contribution in [-0.4, -0.2) is 59.0 Å². The lowest BCUT2D eigenvalue weighted by Crippen LogP contribution is -2.52. The predicted molar refractivity (Wildman–Crippen MR) is 96.6 cm³/mol. The third-order valence-electron chi connectivity index (χ3n) is 4.16. The number of hydrogen-bond acceptors (Lipinski definition) is 4. The van der Waals surface area contributed by atoms with E-state index in [1.54, 1.807) is 15.8 Å². The minimum atomic E-state index is -0.280. The number of amides is 3. The molecule has 1 atom stereocenters. The maximum atomic E-state index is 12.5. The Kier molecular flexibility index (Phi) is 6.21. The summed E-state index contributed by atoms with van der Waals surface area (Å²) in [5, 5.41) is 9.82. The number of morpholine rings is 1. The van der Waals surface area contributed by atoms with Crippen LogP contribution in [0.5, 0.6) is 0 Å². The highest BCUT2D eigenvalue weighted by Gasteiger charge is 2.29. The molecule has 8 heteroatoms. The van der Waals surface area contributed by atoms with Crippen LogP contribution in [0.15, 0.2) is 48.8 Å². The maximum Gasteiger partial charge on any atom is 0.322 e. The molecule has 0 aliphatic carbocycles. The number of ether oxygens (including phenoxy) is 1. The first-order valence-corrected chi connectivity index (χ1v) is 8.67. The lowest BCUT2D eigenvalue weighted by molar-refractivity contribution is -0.123. The van der Waals surface area contributed by atoms with Crippen molar-refractivity contribution in [1.29, 1.82) is 0 Å². The normalized spacial score (nSPS) is 16.9. The second kappa shape index (κ2) is 9.00. The van der Waals surface area contributed by atoms with Gasteiger partial charge in [0, 0.05) is 37.6 Å². The van der Waals surface area contributed by atoms with Crippen LogP contribution in [0.25, 0.3) is 0 Å². The van der Waals surface area contributed by atoms with E-state index in [1.807, 2.05) is 42.6 Å². The van der Waals surface area contributed by atoms with E-state index in [2.05, 4.69) is 15.7 Å². The van der Waals surface area contributed by atoms with Crippen LogP contribution in [0.1, 0.15) is 6.42 Å². The number of urea groups is 1. The van der Waals surface area contributed by atoms with Crippen LogP contribution in [0.4, 0.5) is 10.5 Å². The Balaban J connectivity index is 1.49. The Labute approximate surface area is 152 Å². The average molecular weight is 357 g/mol. The predicted octanol–water partition coefficient (Wildman–Crippen LogP) is 1.32. The van der Waals surface area contributed by atoms with Crippen LogP contribution < -0.4 is 10.6 Å². The first-order valence-electron chi connectivity index (χ1n) is 8.67. The standard InChI is InChI=1S/C18H23N5O3/c24-17(19-8-10-22-9-4-7-20-22)13-16-14-26-12-11-23(16)18(25)21-15-5-2-1-3-6-15/h1-7,9,16H,8,10-14H2,(H,19,24)(H,21,25). The number of nitrogens with one attached hydrogen (secondary N) is 2. The average Bonchev–Trinajstić information content (AvgIpc) is 3.16. The number of benzene rings is 1. The first kappa shape index (κ1) is 17.9. The SMILES string of the molecule is O=C(CC1COCCN1C(=O)Nc1ccccc1)NCCn1cccn1. The van der Waals surface area contributed by atoms with Crippen molar-refractivity contribution in [2.45, 2.75) is 19.0 Å². The van der Waals surface area contributed by atoms with Gasteiger partial charge in [0.25, 0.3) is 0 Å². The van der Waals surface area contributed by atoms with Gasteiger partial charge in [-0.3, -0.25) is 9.48 Å². The molecule has 1 aromatic carbocycles. The number of nitrogens with zero attached hydrogens (tertiary/aromatic N) is 3. The monoisotopic (exact) mass is 357 g/mol. The molecule has 1 saturated heterocycles. The lowest BCUT2D eigenvalue weighted by Gasteiger charge is -2.35. The van der Waals surface area contributed by atoms with Crippen LogP contribution >= 0.6 is 0 Å². The summed E-state index contributed by atoms with van der Waals surface area (Å²) < 4.78 is 7.21. The Morgan fingerprint density at radius 1 is 1.23 bits per heavy atom. The molecule has 1 aliphatic rings. The Bertz CT molecular complexity index is 705. The van der Waals surface area contributed by atoms with Crippen molar-refractivity contribution >= 4 is 17.6 Å². The molecule has 3 rings (SSSR count). The van der Waals surface area contributed by atoms with Crippen LogP contribution in [-0.2, 0) is 16.1 Å². The third-order valence-corrected chi connectivity index (χ3v) is 4.16. The summed E-state index contributed by atoms with van der Waals surface area (Å²) in [7, 11) is 0. The lowest BCUT2D eigenvalue weighted by atomic mass is 10.1. The molecule has 26 heavy (non-hydrogen) atoms. The highest BCUT2D eigenvalue weighted by atomic mass is 16.5. The van der Waals surface area contributed by atoms with Gasteiger partial charge >= 0.3 is 6.03 Å². The van der Waals surface area contributed by atoms with Gasteiger partial charge in [0.2, 0.25) is 5.91 Å². The minimum absolute atomic E-state index is 0.106. The molecule has 1 aliphatic heterocycles. The van der Waals surface area contributed by atoms with Crippen molar-refractivity contribution in [3.63, 3.8) is 0 Å². The number of carbonyl (C=O) groups excluding carboxylic acids is 2. The van der Waals surface area contributed by atoms with Gasteiger partial charge in [-0.1, -0.05) is 18.2 Å². The van der Waals surface area contributed by atoms with Gasteiger partial charge in [-0.2, -0.15) is 5.10 Å². The van der Waals surface area contributed by atoms with Crippen LogP contribution in [0.2, 0.25) is 0 Å². The van der Waals surface area contributed by atoms with E-state index in [1.165, 1.54) is 0 Å². The van der Waals surface area contributed by atoms with Gasteiger partial charge < -0.3 is 20.3 Å². The fourth-order valence-corrected chi connectivity index (χ4v) is 2.84. The first-order chi connectivity index (χ1) is 12.7. The number of hydrogen-bond donors (Lipinski definition) is 2. The molecule has 1 aromatic heterocycles. The van der Waals surface area contributed by atoms with E-state index in [4.69, 9.17) is 4.74 Å². The molecule has 3 amide bonds. The Morgan fingerprint density at radius 2 is 2.08 bits per heavy atom. The van der Waals surface area contributed by atoms with E-state index in [0.29, 0.717) is 32.8 Å². The van der Waals surface area contributed by atoms with E-state index in [0.717, 1.165) is 5.69 Å². The molecule has 1 unspecified atom stereocenters. The number of rotatable bonds is 6. The van der Waals surface area contributed by atoms with Crippen molar-refractivity contribution < 1.29 is 14.3 Å². The fourth-order valence-electron chi connectivity index (χ4n) is 2.84. The van der Waals surface area contributed by atoms with Crippen LogP contribution in [0, 0.1) is 0 Å². The number of aromatic nitrogens is 2. The van der Waals surface area contributed by atoms with Crippen molar-refractivity contribution in [1.82, 2.24) is 20.0 Å². The molecular formula is C18H23N5O3. The number of anilines is 1. The Morgan fingerprint density at radius 3 is 2.85 bits per heavy atom. The smallest absolute Gasteiger partial charge is 0.322 e. The summed E-state index contributed by atoms with van der Waals surface area (Å²) in [6, 6.07) is 10.6. The summed E-state index contributed by atoms with van der Waals surface area (Å²) in [4.78, 5) is 26.4. The summed E-state index contributed by atoms with van der Waals surface area (Å²) in [6.07, 6.45) is 3.75. The van der Waals surface area contributed by atoms with Crippen molar-refractivity contribution in [2.75, 3.05) is 31.6 Å². The van der Waals surface area contributed by atoms with Gasteiger partial charge in [0.05, 0.1) is 25.8 Å². The van der Waals surface area contributed by atoms with E-state index >= 15 is 0 Å². The largest absolute Gasteiger partial charge is 0.377 e. The van der Waals surface area contributed by atoms with E-state index in [9.17, 15) is 9.59 Å². The summed E-state index contributed by atoms with van der Waals surface area (Å²) in [6.45, 7) is 2.39. The molecule has 0 spiro atoms. The molecular weight excluding hydrogens is 334 g/mol. The molecule has 2 aromatic rings. The molecule has 2 N–H and O–H groups in total. The second-order valence-electron chi connectivity index (χ2n) is 6.04. The van der Waals surface area contributed by atoms with Crippen LogP contribution in [0.3, 0.4) is 0 Å². The number of carbonyl (C=O) groups is 2. The summed E-state index contributed by atoms with van der Waals surface area (Å²) in [5.41, 5.74) is 0.728. The van der Waals surface area contributed by atoms with Gasteiger partial charge in [-0.15, -0.1) is 0 Å². The second-order valence-corrected chi connectivity index (χ2v) is 6.04. The fraction of sp³-hybridized carbons (Fsp3) is 0.389. The third kappa shape index (κ3) is 5.06. The molecule has 1 fully saturated rings. The van der Waals surface area contributed by atoms with Gasteiger partial charge in [0.15, 0.2) is 0 Å². The van der Waals surface area contributed by atoms with E-state index in [-0.39, 0.29) is 24.4 Å². The zero-order chi connectivity index (χ0) is 18.2. The minimum Gasteiger partial charge on any atom is -0.377 e. The molecule has 2 heterocycles. The zero-order valence-corrected chi connectivity index (χ0v) is 14.5. The molecule has 8 nitrogen and oxygen atoms in total. The molecule has 0 radical (unpaired) electrons. The zero-order valence-electron chi connectivity index (χ0n) is 14.5. The Hall–Kier alpha value is -2.87. The molecule has 0 saturated carbocycles. The highest BCUT2D eigenvalue weighted by Crippen LogP contribution is 2.14. The molecule has 138 valence electrons. The van der Waals surface area contributed by atoms with Crippen molar-refractivity contribution in [3.8, 4) is 0 Å². The number of para-hydroxylation sites is 1. The topological polar surface area (TPSA) is 88.5 Å². The highest BCUT2D eigenvalue weighted by molar-refractivity contribution is 5.90. The molecule has 0 bridgehead atoms. The summed E-state index contributed by atoms with van der Waals surface area (Å²) in [5.74, 6) is -0.106. The van der Waals surface area contributed by atoms with E-state index < -0.39 is 0 Å². The van der Waals surface area contributed by atoms with Gasteiger partial charge in [-0.25, -0.2) is 4.79 Å². The van der Waals surface area contributed by atoms with Gasteiger partial charge in [0.1, 0.15) is 0 Å². The quantitative estimate of drug-likeness (QED) is 0.816. The summed E-state index contributed by atoms with van der Waals surface area (Å²) >= 11 is 0. The maximum absolute atomic E-state index is 12.5. The van der Waals surface area contributed by atoms with Crippen molar-refractivity contribution in [3.05, 3.63) is 48.8 Å².